The van der Waals surface area contributed by atoms with Crippen LogP contribution in [0.1, 0.15) is 30.2 Å². The molecule has 2 heterocycles. The maximum atomic E-state index is 12.9. The summed E-state index contributed by atoms with van der Waals surface area (Å²) in [4.78, 5) is 43.0. The van der Waals surface area contributed by atoms with Gasteiger partial charge >= 0.3 is 0 Å². The Kier molecular flexibility index (Phi) is 4.95. The summed E-state index contributed by atoms with van der Waals surface area (Å²) in [5.74, 6) is -0.513. The number of hydrogen-bond acceptors (Lipinski definition) is 5. The predicted octanol–water partition coefficient (Wildman–Crippen LogP) is 2.93. The zero-order valence-electron chi connectivity index (χ0n) is 15.4. The highest BCUT2D eigenvalue weighted by Gasteiger charge is 2.20. The molecule has 0 atom stereocenters. The summed E-state index contributed by atoms with van der Waals surface area (Å²) in [5, 5.41) is 6.10. The maximum Gasteiger partial charge on any atom is 0.262 e. The number of nitrogens with zero attached hydrogens (tertiary/aromatic N) is 2. The number of fused-ring (bicyclic) bond motifs is 3. The Balaban J connectivity index is 1.55. The first-order valence-electron chi connectivity index (χ1n) is 9.18. The van der Waals surface area contributed by atoms with Crippen molar-refractivity contribution in [3.63, 3.8) is 0 Å². The first-order chi connectivity index (χ1) is 13.5. The topological polar surface area (TPSA) is 93.1 Å². The van der Waals surface area contributed by atoms with Crippen molar-refractivity contribution in [3.05, 3.63) is 51.4 Å². The van der Waals surface area contributed by atoms with Gasteiger partial charge in [-0.15, -0.1) is 11.3 Å². The number of nitrogens with one attached hydrogen (secondary N) is 2. The zero-order chi connectivity index (χ0) is 19.7. The number of thiophene rings is 1. The van der Waals surface area contributed by atoms with Gasteiger partial charge in [0.1, 0.15) is 11.4 Å². The van der Waals surface area contributed by atoms with E-state index in [4.69, 9.17) is 0 Å². The Morgan fingerprint density at radius 3 is 2.71 bits per heavy atom. The molecule has 4 rings (SSSR count). The molecule has 2 amide bonds. The smallest absolute Gasteiger partial charge is 0.262 e. The molecule has 0 bridgehead atoms. The quantitative estimate of drug-likeness (QED) is 0.709. The van der Waals surface area contributed by atoms with Crippen molar-refractivity contribution in [3.8, 4) is 0 Å². The lowest BCUT2D eigenvalue weighted by molar-refractivity contribution is -0.117. The molecule has 1 aliphatic carbocycles. The molecule has 8 heteroatoms. The summed E-state index contributed by atoms with van der Waals surface area (Å²) in [7, 11) is 0. The molecule has 3 aromatic rings. The van der Waals surface area contributed by atoms with Gasteiger partial charge < -0.3 is 10.6 Å². The van der Waals surface area contributed by atoms with Gasteiger partial charge in [-0.05, 0) is 49.4 Å². The average Bonchev–Trinajstić information content (AvgIpc) is 3.03. The lowest BCUT2D eigenvalue weighted by atomic mass is 9.97. The van der Waals surface area contributed by atoms with Crippen LogP contribution in [0.5, 0.6) is 0 Å². The van der Waals surface area contributed by atoms with Crippen LogP contribution in [-0.2, 0) is 29.0 Å². The SMILES string of the molecule is CC(=O)Nc1cccc(NC(=O)Cn2cnc3sc4c(c3c2=O)CCCC4)c1. The molecule has 2 aromatic heterocycles. The standard InChI is InChI=1S/C20H20N4O3S/c1-12(25)22-13-5-4-6-14(9-13)23-17(26)10-24-11-21-19-18(20(24)27)15-7-2-3-8-16(15)28-19/h4-6,9,11H,2-3,7-8,10H2,1H3,(H,22,25)(H,23,26). The Bertz CT molecular complexity index is 1130. The van der Waals surface area contributed by atoms with E-state index < -0.39 is 0 Å². The Morgan fingerprint density at radius 1 is 1.18 bits per heavy atom. The van der Waals surface area contributed by atoms with Gasteiger partial charge in [-0.25, -0.2) is 4.98 Å². The van der Waals surface area contributed by atoms with Crippen LogP contribution in [-0.4, -0.2) is 21.4 Å². The fourth-order valence-corrected chi connectivity index (χ4v) is 4.75. The van der Waals surface area contributed by atoms with Gasteiger partial charge in [-0.2, -0.15) is 0 Å². The molecule has 0 spiro atoms. The van der Waals surface area contributed by atoms with Crippen LogP contribution in [0.15, 0.2) is 35.4 Å². The van der Waals surface area contributed by atoms with Gasteiger partial charge in [0.2, 0.25) is 11.8 Å². The summed E-state index contributed by atoms with van der Waals surface area (Å²) in [6.07, 6.45) is 5.57. The van der Waals surface area contributed by atoms with Gasteiger partial charge in [0.25, 0.3) is 5.56 Å². The number of anilines is 2. The maximum absolute atomic E-state index is 12.9. The van der Waals surface area contributed by atoms with Crippen LogP contribution in [0, 0.1) is 0 Å². The van der Waals surface area contributed by atoms with Crippen LogP contribution in [0.2, 0.25) is 0 Å². The number of benzene rings is 1. The van der Waals surface area contributed by atoms with Crippen molar-refractivity contribution >= 4 is 44.7 Å². The summed E-state index contributed by atoms with van der Waals surface area (Å²) in [5.41, 5.74) is 2.09. The monoisotopic (exact) mass is 396 g/mol. The highest BCUT2D eigenvalue weighted by atomic mass is 32.1. The van der Waals surface area contributed by atoms with Crippen LogP contribution in [0.25, 0.3) is 10.2 Å². The molecule has 0 fully saturated rings. The van der Waals surface area contributed by atoms with Gasteiger partial charge in [0.05, 0.1) is 11.7 Å². The number of carbonyl (C=O) groups excluding carboxylic acids is 2. The number of aromatic nitrogens is 2. The number of amides is 2. The van der Waals surface area contributed by atoms with Gasteiger partial charge in [0, 0.05) is 23.2 Å². The van der Waals surface area contributed by atoms with E-state index >= 15 is 0 Å². The van der Waals surface area contributed by atoms with Crippen LogP contribution >= 0.6 is 11.3 Å². The van der Waals surface area contributed by atoms with E-state index in [2.05, 4.69) is 15.6 Å². The van der Waals surface area contributed by atoms with E-state index in [-0.39, 0.29) is 23.9 Å². The average molecular weight is 396 g/mol. The predicted molar refractivity (Wildman–Crippen MR) is 110 cm³/mol. The number of hydrogen-bond donors (Lipinski definition) is 2. The summed E-state index contributed by atoms with van der Waals surface area (Å²) in [6.45, 7) is 1.31. The van der Waals surface area contributed by atoms with Crippen LogP contribution in [0.4, 0.5) is 11.4 Å². The van der Waals surface area contributed by atoms with Gasteiger partial charge in [-0.1, -0.05) is 6.07 Å². The van der Waals surface area contributed by atoms with Crippen molar-refractivity contribution in [1.82, 2.24) is 9.55 Å². The molecular formula is C20H20N4O3S. The van der Waals surface area contributed by atoms with E-state index in [1.165, 1.54) is 22.7 Å². The van der Waals surface area contributed by atoms with E-state index in [1.54, 1.807) is 35.6 Å². The Hall–Kier alpha value is -3.00. The number of rotatable bonds is 4. The molecule has 2 N–H and O–H groups in total. The third kappa shape index (κ3) is 3.68. The molecule has 7 nitrogen and oxygen atoms in total. The van der Waals surface area contributed by atoms with Gasteiger partial charge in [0.15, 0.2) is 0 Å². The largest absolute Gasteiger partial charge is 0.326 e. The van der Waals surface area contributed by atoms with Crippen molar-refractivity contribution in [1.29, 1.82) is 0 Å². The minimum atomic E-state index is -0.327. The third-order valence-corrected chi connectivity index (χ3v) is 5.92. The van der Waals surface area contributed by atoms with Crippen molar-refractivity contribution < 1.29 is 9.59 Å². The molecule has 1 aliphatic rings. The Morgan fingerprint density at radius 2 is 1.93 bits per heavy atom. The minimum Gasteiger partial charge on any atom is -0.326 e. The number of carbonyl (C=O) groups is 2. The van der Waals surface area contributed by atoms with Gasteiger partial charge in [-0.3, -0.25) is 19.0 Å². The van der Waals surface area contributed by atoms with E-state index in [0.717, 1.165) is 36.1 Å². The highest BCUT2D eigenvalue weighted by Crippen LogP contribution is 2.33. The summed E-state index contributed by atoms with van der Waals surface area (Å²) < 4.78 is 1.36. The molecule has 1 aromatic carbocycles. The zero-order valence-corrected chi connectivity index (χ0v) is 16.3. The second kappa shape index (κ2) is 7.55. The molecule has 0 aliphatic heterocycles. The lowest BCUT2D eigenvalue weighted by Crippen LogP contribution is -2.28. The van der Waals surface area contributed by atoms with Crippen LogP contribution < -0.4 is 16.2 Å². The number of aryl methyl sites for hydroxylation is 2. The molecule has 0 unspecified atom stereocenters. The van der Waals surface area contributed by atoms with E-state index in [1.807, 2.05) is 0 Å². The fraction of sp³-hybridized carbons (Fsp3) is 0.300. The second-order valence-corrected chi connectivity index (χ2v) is 7.96. The minimum absolute atomic E-state index is 0.114. The molecule has 0 radical (unpaired) electrons. The first kappa shape index (κ1) is 18.4. The molecule has 0 saturated heterocycles. The van der Waals surface area contributed by atoms with E-state index in [9.17, 15) is 14.4 Å². The Labute approximate surface area is 165 Å². The molecule has 28 heavy (non-hydrogen) atoms. The normalized spacial score (nSPS) is 13.2. The summed E-state index contributed by atoms with van der Waals surface area (Å²) >= 11 is 1.59. The van der Waals surface area contributed by atoms with Crippen molar-refractivity contribution in [2.75, 3.05) is 10.6 Å². The second-order valence-electron chi connectivity index (χ2n) is 6.88. The summed E-state index contributed by atoms with van der Waals surface area (Å²) in [6, 6.07) is 6.86. The van der Waals surface area contributed by atoms with Crippen LogP contribution in [0.3, 0.4) is 0 Å². The third-order valence-electron chi connectivity index (χ3n) is 4.72. The van der Waals surface area contributed by atoms with Crippen molar-refractivity contribution in [2.24, 2.45) is 0 Å². The molecular weight excluding hydrogens is 376 g/mol. The molecule has 144 valence electrons. The highest BCUT2D eigenvalue weighted by molar-refractivity contribution is 7.18. The first-order valence-corrected chi connectivity index (χ1v) is 10.00. The van der Waals surface area contributed by atoms with Crippen molar-refractivity contribution in [2.45, 2.75) is 39.2 Å². The molecule has 0 saturated carbocycles. The lowest BCUT2D eigenvalue weighted by Gasteiger charge is -2.11. The van der Waals surface area contributed by atoms with E-state index in [0.29, 0.717) is 16.8 Å². The fourth-order valence-electron chi connectivity index (χ4n) is 3.53.